The van der Waals surface area contributed by atoms with E-state index in [9.17, 15) is 24.3 Å². The molecular weight excluding hydrogens is 394 g/mol. The van der Waals surface area contributed by atoms with Crippen molar-refractivity contribution in [2.75, 3.05) is 6.54 Å². The molecule has 1 aromatic carbocycles. The Kier molecular flexibility index (Phi) is 7.40. The molecule has 162 valence electrons. The zero-order valence-electron chi connectivity index (χ0n) is 17.0. The predicted molar refractivity (Wildman–Crippen MR) is 108 cm³/mol. The second-order valence-electron chi connectivity index (χ2n) is 6.89. The first kappa shape index (κ1) is 22.7. The van der Waals surface area contributed by atoms with Gasteiger partial charge in [-0.3, -0.25) is 4.79 Å². The number of carboxylic acid groups (broad SMARTS) is 1. The van der Waals surface area contributed by atoms with Crippen molar-refractivity contribution in [2.24, 2.45) is 5.73 Å². The quantitative estimate of drug-likeness (QED) is 0.351. The lowest BCUT2D eigenvalue weighted by atomic mass is 10.1. The molecule has 3 amide bonds. The number of benzene rings is 1. The third-order valence-electron chi connectivity index (χ3n) is 4.69. The van der Waals surface area contributed by atoms with Crippen molar-refractivity contribution >= 4 is 28.9 Å². The van der Waals surface area contributed by atoms with Crippen LogP contribution in [0.15, 0.2) is 27.4 Å². The molecule has 0 aliphatic rings. The zero-order valence-corrected chi connectivity index (χ0v) is 17.0. The summed E-state index contributed by atoms with van der Waals surface area (Å²) < 4.78 is 10.9. The summed E-state index contributed by atoms with van der Waals surface area (Å²) in [4.78, 5) is 46.2. The monoisotopic (exact) mass is 419 g/mol. The Hall–Kier alpha value is -3.56. The number of hydrogen-bond donors (Lipinski definition) is 4. The van der Waals surface area contributed by atoms with Crippen LogP contribution >= 0.6 is 0 Å². The first-order valence-corrected chi connectivity index (χ1v) is 9.37. The summed E-state index contributed by atoms with van der Waals surface area (Å²) in [5, 5.41) is 14.8. The molecule has 0 fully saturated rings. The fraction of sp³-hybridized carbons (Fsp3) is 0.400. The van der Waals surface area contributed by atoms with Gasteiger partial charge in [0, 0.05) is 23.6 Å². The van der Waals surface area contributed by atoms with E-state index in [-0.39, 0.29) is 13.0 Å². The number of urea groups is 1. The Bertz CT molecular complexity index is 1020. The lowest BCUT2D eigenvalue weighted by Crippen LogP contribution is -2.46. The number of rotatable bonds is 9. The second kappa shape index (κ2) is 9.77. The van der Waals surface area contributed by atoms with E-state index in [1.807, 2.05) is 6.92 Å². The molecule has 0 radical (unpaired) electrons. The van der Waals surface area contributed by atoms with E-state index in [0.717, 1.165) is 10.9 Å². The Balaban J connectivity index is 2.03. The number of hydrogen-bond acceptors (Lipinski definition) is 6. The van der Waals surface area contributed by atoms with Gasteiger partial charge in [0.1, 0.15) is 17.4 Å². The summed E-state index contributed by atoms with van der Waals surface area (Å²) in [7, 11) is 0. The summed E-state index contributed by atoms with van der Waals surface area (Å²) in [6.45, 7) is 5.17. The summed E-state index contributed by atoms with van der Waals surface area (Å²) in [6, 6.07) is 3.04. The van der Waals surface area contributed by atoms with Crippen LogP contribution in [0.5, 0.6) is 5.75 Å². The fourth-order valence-electron chi connectivity index (χ4n) is 2.82. The third kappa shape index (κ3) is 5.72. The highest BCUT2D eigenvalue weighted by Crippen LogP contribution is 2.24. The van der Waals surface area contributed by atoms with Gasteiger partial charge in [-0.1, -0.05) is 0 Å². The maximum absolute atomic E-state index is 12.4. The molecule has 2 rings (SSSR count). The topological polar surface area (TPSA) is 161 Å². The molecule has 0 aliphatic carbocycles. The Morgan fingerprint density at radius 1 is 1.23 bits per heavy atom. The van der Waals surface area contributed by atoms with E-state index in [4.69, 9.17) is 14.9 Å². The van der Waals surface area contributed by atoms with E-state index in [0.29, 0.717) is 23.3 Å². The van der Waals surface area contributed by atoms with E-state index in [1.54, 1.807) is 19.1 Å². The molecule has 2 unspecified atom stereocenters. The molecule has 0 aliphatic heterocycles. The van der Waals surface area contributed by atoms with Crippen LogP contribution in [0.1, 0.15) is 30.9 Å². The van der Waals surface area contributed by atoms with Crippen molar-refractivity contribution in [1.82, 2.24) is 10.6 Å². The normalized spacial score (nSPS) is 12.8. The number of fused-ring (bicyclic) bond motifs is 1. The van der Waals surface area contributed by atoms with Gasteiger partial charge in [-0.15, -0.1) is 0 Å². The molecule has 10 nitrogen and oxygen atoms in total. The Morgan fingerprint density at radius 2 is 1.93 bits per heavy atom. The minimum Gasteiger partial charge on any atom is -0.481 e. The number of ether oxygens (including phenoxy) is 1. The highest BCUT2D eigenvalue weighted by atomic mass is 16.5. The minimum atomic E-state index is -1.20. The molecule has 2 atom stereocenters. The molecule has 0 saturated carbocycles. The van der Waals surface area contributed by atoms with Crippen molar-refractivity contribution in [3.63, 3.8) is 0 Å². The van der Waals surface area contributed by atoms with Crippen LogP contribution in [-0.4, -0.2) is 41.7 Å². The largest absolute Gasteiger partial charge is 0.481 e. The molecule has 1 heterocycles. The fourth-order valence-corrected chi connectivity index (χ4v) is 2.82. The highest BCUT2D eigenvalue weighted by Gasteiger charge is 2.24. The van der Waals surface area contributed by atoms with Gasteiger partial charge < -0.3 is 30.6 Å². The van der Waals surface area contributed by atoms with Gasteiger partial charge in [-0.25, -0.2) is 14.4 Å². The van der Waals surface area contributed by atoms with Crippen molar-refractivity contribution in [3.8, 4) is 5.75 Å². The molecule has 1 aromatic heterocycles. The maximum atomic E-state index is 12.4. The number of primary amides is 1. The van der Waals surface area contributed by atoms with Gasteiger partial charge in [0.15, 0.2) is 6.10 Å². The molecule has 0 saturated heterocycles. The number of amides is 3. The van der Waals surface area contributed by atoms with Crippen LogP contribution in [-0.2, 0) is 9.59 Å². The zero-order chi connectivity index (χ0) is 22.4. The van der Waals surface area contributed by atoms with Crippen LogP contribution in [0.2, 0.25) is 0 Å². The Morgan fingerprint density at radius 3 is 2.57 bits per heavy atom. The van der Waals surface area contributed by atoms with Gasteiger partial charge in [0.05, 0.1) is 0 Å². The standard InChI is InChI=1S/C20H25N3O7/c1-10-11(2)19(27)30-16-9-13(6-7-14(10)16)29-12(3)17(24)23-15(18(25)26)5-4-8-22-20(21)28/h6-7,9,12,15H,4-5,8H2,1-3H3,(H,23,24)(H,25,26)(H3,21,22,28). The van der Waals surface area contributed by atoms with Crippen molar-refractivity contribution < 1.29 is 28.6 Å². The first-order valence-electron chi connectivity index (χ1n) is 9.37. The number of aliphatic carboxylic acids is 1. The number of nitrogens with two attached hydrogens (primary N) is 1. The molecule has 10 heteroatoms. The summed E-state index contributed by atoms with van der Waals surface area (Å²) in [6.07, 6.45) is -0.572. The van der Waals surface area contributed by atoms with Gasteiger partial charge in [-0.2, -0.15) is 0 Å². The highest BCUT2D eigenvalue weighted by molar-refractivity contribution is 5.86. The molecule has 30 heavy (non-hydrogen) atoms. The van der Waals surface area contributed by atoms with E-state index >= 15 is 0 Å². The summed E-state index contributed by atoms with van der Waals surface area (Å²) in [5.41, 5.74) is 6.15. The van der Waals surface area contributed by atoms with Crippen molar-refractivity contribution in [1.29, 1.82) is 0 Å². The van der Waals surface area contributed by atoms with Crippen LogP contribution in [0, 0.1) is 13.8 Å². The number of carboxylic acids is 1. The average molecular weight is 419 g/mol. The lowest BCUT2D eigenvalue weighted by Gasteiger charge is -2.19. The Labute approximate surface area is 172 Å². The summed E-state index contributed by atoms with van der Waals surface area (Å²) >= 11 is 0. The minimum absolute atomic E-state index is 0.105. The van der Waals surface area contributed by atoms with E-state index in [2.05, 4.69) is 10.6 Å². The van der Waals surface area contributed by atoms with Gasteiger partial charge in [0.2, 0.25) is 0 Å². The number of aryl methyl sites for hydroxylation is 1. The van der Waals surface area contributed by atoms with E-state index in [1.165, 1.54) is 13.0 Å². The molecule has 5 N–H and O–H groups in total. The first-order chi connectivity index (χ1) is 14.1. The smallest absolute Gasteiger partial charge is 0.339 e. The molecule has 0 bridgehead atoms. The lowest BCUT2D eigenvalue weighted by molar-refractivity contribution is -0.143. The molecule has 0 spiro atoms. The van der Waals surface area contributed by atoms with E-state index < -0.39 is 35.7 Å². The van der Waals surface area contributed by atoms with Gasteiger partial charge in [-0.05, 0) is 51.3 Å². The predicted octanol–water partition coefficient (Wildman–Crippen LogP) is 1.20. The third-order valence-corrected chi connectivity index (χ3v) is 4.69. The maximum Gasteiger partial charge on any atom is 0.339 e. The number of carbonyl (C=O) groups is 3. The number of carbonyl (C=O) groups excluding carboxylic acids is 2. The molecule has 2 aromatic rings. The van der Waals surface area contributed by atoms with Gasteiger partial charge in [0.25, 0.3) is 5.91 Å². The SMILES string of the molecule is Cc1c(C)c2ccc(OC(C)C(=O)NC(CCCNC(N)=O)C(=O)O)cc2oc1=O. The van der Waals surface area contributed by atoms with Crippen LogP contribution in [0.3, 0.4) is 0 Å². The summed E-state index contributed by atoms with van der Waals surface area (Å²) in [5.74, 6) is -1.52. The number of nitrogens with one attached hydrogen (secondary N) is 2. The molecular formula is C20H25N3O7. The average Bonchev–Trinajstić information content (AvgIpc) is 2.67. The van der Waals surface area contributed by atoms with Crippen molar-refractivity contribution in [2.45, 2.75) is 45.8 Å². The second-order valence-corrected chi connectivity index (χ2v) is 6.89. The van der Waals surface area contributed by atoms with Gasteiger partial charge >= 0.3 is 17.6 Å². The van der Waals surface area contributed by atoms with Crippen LogP contribution in [0.25, 0.3) is 11.0 Å². The van der Waals surface area contributed by atoms with Crippen LogP contribution < -0.4 is 26.7 Å². The van der Waals surface area contributed by atoms with Crippen LogP contribution in [0.4, 0.5) is 4.79 Å². The van der Waals surface area contributed by atoms with Crippen molar-refractivity contribution in [3.05, 3.63) is 39.7 Å².